The van der Waals surface area contributed by atoms with E-state index >= 15 is 0 Å². The Bertz CT molecular complexity index is 560. The van der Waals surface area contributed by atoms with Crippen LogP contribution in [0.15, 0.2) is 60.0 Å². The third-order valence-electron chi connectivity index (χ3n) is 2.25. The summed E-state index contributed by atoms with van der Waals surface area (Å²) in [5.74, 6) is 0.667. The molecule has 1 aromatic rings. The van der Waals surface area contributed by atoms with Crippen LogP contribution in [-0.4, -0.2) is 26.3 Å². The maximum Gasteiger partial charge on any atom is 0.269 e. The van der Waals surface area contributed by atoms with Crippen molar-refractivity contribution in [3.05, 3.63) is 70.1 Å². The van der Waals surface area contributed by atoms with E-state index in [-0.39, 0.29) is 5.69 Å². The van der Waals surface area contributed by atoms with Crippen LogP contribution in [0.3, 0.4) is 0 Å². The molecule has 0 aliphatic carbocycles. The second-order valence-corrected chi connectivity index (χ2v) is 4.71. The van der Waals surface area contributed by atoms with Crippen LogP contribution >= 0.6 is 0 Å². The van der Waals surface area contributed by atoms with Gasteiger partial charge >= 0.3 is 0 Å². The van der Waals surface area contributed by atoms with E-state index in [4.69, 9.17) is 16.2 Å². The smallest absolute Gasteiger partial charge is 0.269 e. The fourth-order valence-corrected chi connectivity index (χ4v) is 1.22. The topological polar surface area (TPSA) is 114 Å². The minimum Gasteiger partial charge on any atom is -0.495 e. The highest BCUT2D eigenvalue weighted by molar-refractivity contribution is 5.44. The highest BCUT2D eigenvalue weighted by Crippen LogP contribution is 2.12. The summed E-state index contributed by atoms with van der Waals surface area (Å²) in [4.78, 5) is 9.62. The average molecular weight is 337 g/mol. The second kappa shape index (κ2) is 13.8. The van der Waals surface area contributed by atoms with Gasteiger partial charge < -0.3 is 20.9 Å². The summed E-state index contributed by atoms with van der Waals surface area (Å²) >= 11 is 0. The summed E-state index contributed by atoms with van der Waals surface area (Å²) < 4.78 is 9.27. The standard InChI is InChI=1S/C9H15NO.C6H6N2O2.C2H6O/c1-5-8(10)9(11-4)6-7(2)3;7-5-1-3-6(4-2-5)8(9)10;1-3-2/h5-6H,1,10H2,2-4H3;1-4H,7H2;1-2H3/b9-8-;;. The van der Waals surface area contributed by atoms with E-state index in [0.29, 0.717) is 17.1 Å². The Morgan fingerprint density at radius 3 is 1.96 bits per heavy atom. The molecule has 0 saturated carbocycles. The van der Waals surface area contributed by atoms with Gasteiger partial charge in [0, 0.05) is 32.0 Å². The number of hydrogen-bond acceptors (Lipinski definition) is 6. The Hall–Kier alpha value is -2.80. The zero-order chi connectivity index (χ0) is 19.1. The number of nitro groups is 1. The lowest BCUT2D eigenvalue weighted by Gasteiger charge is -2.03. The third kappa shape index (κ3) is 11.8. The maximum absolute atomic E-state index is 10.1. The molecule has 0 saturated heterocycles. The number of nitrogens with two attached hydrogens (primary N) is 2. The molecule has 0 bridgehead atoms. The molecule has 0 spiro atoms. The van der Waals surface area contributed by atoms with Crippen LogP contribution in [0.25, 0.3) is 0 Å². The van der Waals surface area contributed by atoms with Gasteiger partial charge in [0.05, 0.1) is 17.7 Å². The fourth-order valence-electron chi connectivity index (χ4n) is 1.22. The second-order valence-electron chi connectivity index (χ2n) is 4.71. The predicted molar refractivity (Wildman–Crippen MR) is 98.3 cm³/mol. The molecule has 1 aromatic carbocycles. The summed E-state index contributed by atoms with van der Waals surface area (Å²) in [6, 6.07) is 5.74. The molecule has 24 heavy (non-hydrogen) atoms. The van der Waals surface area contributed by atoms with Crippen LogP contribution < -0.4 is 11.5 Å². The van der Waals surface area contributed by atoms with Crippen molar-refractivity contribution in [2.75, 3.05) is 27.1 Å². The van der Waals surface area contributed by atoms with Crippen LogP contribution in [0.5, 0.6) is 0 Å². The molecule has 0 fully saturated rings. The van der Waals surface area contributed by atoms with Crippen molar-refractivity contribution in [1.82, 2.24) is 0 Å². The zero-order valence-corrected chi connectivity index (χ0v) is 14.9. The molecule has 0 amide bonds. The lowest BCUT2D eigenvalue weighted by molar-refractivity contribution is -0.384. The summed E-state index contributed by atoms with van der Waals surface area (Å²) in [7, 11) is 4.84. The normalized spacial score (nSPS) is 9.88. The number of benzene rings is 1. The predicted octanol–water partition coefficient (Wildman–Crippen LogP) is 3.39. The summed E-state index contributed by atoms with van der Waals surface area (Å²) in [5.41, 5.74) is 13.2. The number of anilines is 1. The summed E-state index contributed by atoms with van der Waals surface area (Å²) in [5, 5.41) is 10.1. The van der Waals surface area contributed by atoms with Gasteiger partial charge in [-0.25, -0.2) is 0 Å². The van der Waals surface area contributed by atoms with Gasteiger partial charge in [-0.1, -0.05) is 12.2 Å². The molecule has 0 atom stereocenters. The lowest BCUT2D eigenvalue weighted by atomic mass is 10.2. The number of hydrogen-bond donors (Lipinski definition) is 2. The third-order valence-corrected chi connectivity index (χ3v) is 2.25. The number of non-ortho nitro benzene ring substituents is 1. The van der Waals surface area contributed by atoms with E-state index in [9.17, 15) is 10.1 Å². The van der Waals surface area contributed by atoms with Gasteiger partial charge in [-0.15, -0.1) is 0 Å². The fraction of sp³-hybridized carbons (Fsp3) is 0.294. The first-order chi connectivity index (χ1) is 11.2. The van der Waals surface area contributed by atoms with E-state index in [1.807, 2.05) is 19.9 Å². The first-order valence-corrected chi connectivity index (χ1v) is 6.94. The summed E-state index contributed by atoms with van der Waals surface area (Å²) in [6.07, 6.45) is 3.44. The van der Waals surface area contributed by atoms with E-state index in [1.165, 1.54) is 24.3 Å². The van der Waals surface area contributed by atoms with E-state index < -0.39 is 4.92 Å². The molecule has 0 radical (unpaired) electrons. The lowest BCUT2D eigenvalue weighted by Crippen LogP contribution is -1.99. The Morgan fingerprint density at radius 2 is 1.67 bits per heavy atom. The molecule has 7 nitrogen and oxygen atoms in total. The monoisotopic (exact) mass is 337 g/mol. The number of nitro benzene ring substituents is 1. The Labute approximate surface area is 143 Å². The quantitative estimate of drug-likeness (QED) is 0.286. The average Bonchev–Trinajstić information content (AvgIpc) is 2.53. The van der Waals surface area contributed by atoms with Crippen molar-refractivity contribution >= 4 is 11.4 Å². The first-order valence-electron chi connectivity index (χ1n) is 6.94. The molecular formula is C17H27N3O4. The molecule has 134 valence electrons. The van der Waals surface area contributed by atoms with Crippen LogP contribution in [0.4, 0.5) is 11.4 Å². The van der Waals surface area contributed by atoms with Crippen molar-refractivity contribution < 1.29 is 14.4 Å². The van der Waals surface area contributed by atoms with Gasteiger partial charge in [0.15, 0.2) is 0 Å². The molecule has 4 N–H and O–H groups in total. The van der Waals surface area contributed by atoms with E-state index in [0.717, 1.165) is 5.57 Å². The van der Waals surface area contributed by atoms with Gasteiger partial charge in [0.1, 0.15) is 5.76 Å². The minimum absolute atomic E-state index is 0.0641. The largest absolute Gasteiger partial charge is 0.495 e. The van der Waals surface area contributed by atoms with E-state index in [2.05, 4.69) is 11.3 Å². The van der Waals surface area contributed by atoms with Crippen LogP contribution in [0.1, 0.15) is 13.8 Å². The molecule has 0 unspecified atom stereocenters. The molecule has 0 aromatic heterocycles. The highest BCUT2D eigenvalue weighted by atomic mass is 16.6. The molecule has 1 rings (SSSR count). The van der Waals surface area contributed by atoms with Crippen molar-refractivity contribution in [3.63, 3.8) is 0 Å². The van der Waals surface area contributed by atoms with Gasteiger partial charge in [-0.2, -0.15) is 0 Å². The molecule has 0 aliphatic rings. The highest BCUT2D eigenvalue weighted by Gasteiger charge is 2.01. The number of rotatable bonds is 4. The van der Waals surface area contributed by atoms with Crippen LogP contribution in [-0.2, 0) is 9.47 Å². The number of nitrogens with zero attached hydrogens (tertiary/aromatic N) is 1. The SMILES string of the molecule is C=C/C(N)=C(\C=C(C)C)OC.COC.Nc1ccc([N+](=O)[O-])cc1. The maximum atomic E-state index is 10.1. The number of methoxy groups -OCH3 is 2. The molecule has 7 heteroatoms. The molecule has 0 aliphatic heterocycles. The zero-order valence-electron chi connectivity index (χ0n) is 14.9. The minimum atomic E-state index is -0.459. The van der Waals surface area contributed by atoms with E-state index in [1.54, 1.807) is 27.4 Å². The Balaban J connectivity index is 0. The number of allylic oxidation sites excluding steroid dienone is 3. The van der Waals surface area contributed by atoms with Crippen molar-refractivity contribution in [2.24, 2.45) is 5.73 Å². The first kappa shape index (κ1) is 23.5. The molecular weight excluding hydrogens is 310 g/mol. The van der Waals surface area contributed by atoms with Crippen molar-refractivity contribution in [2.45, 2.75) is 13.8 Å². The number of nitrogen functional groups attached to an aromatic ring is 1. The summed E-state index contributed by atoms with van der Waals surface area (Å²) in [6.45, 7) is 7.51. The van der Waals surface area contributed by atoms with Crippen molar-refractivity contribution in [1.29, 1.82) is 0 Å². The van der Waals surface area contributed by atoms with Gasteiger partial charge in [0.2, 0.25) is 0 Å². The van der Waals surface area contributed by atoms with Crippen LogP contribution in [0.2, 0.25) is 0 Å². The molecule has 0 heterocycles. The van der Waals surface area contributed by atoms with Crippen molar-refractivity contribution in [3.8, 4) is 0 Å². The number of ether oxygens (including phenoxy) is 2. The Kier molecular flexibility index (Phi) is 13.5. The van der Waals surface area contributed by atoms with Gasteiger partial charge in [-0.05, 0) is 38.1 Å². The Morgan fingerprint density at radius 1 is 1.21 bits per heavy atom. The van der Waals surface area contributed by atoms with Crippen LogP contribution in [0, 0.1) is 10.1 Å². The van der Waals surface area contributed by atoms with Gasteiger partial charge in [0.25, 0.3) is 5.69 Å². The van der Waals surface area contributed by atoms with Gasteiger partial charge in [-0.3, -0.25) is 10.1 Å².